The lowest BCUT2D eigenvalue weighted by molar-refractivity contribution is -0.00746. The molecule has 0 saturated carbocycles. The van der Waals surface area contributed by atoms with Gasteiger partial charge in [0.15, 0.2) is 0 Å². The van der Waals surface area contributed by atoms with Gasteiger partial charge in [0.25, 0.3) is 0 Å². The zero-order valence-electron chi connectivity index (χ0n) is 9.75. The van der Waals surface area contributed by atoms with Gasteiger partial charge in [-0.05, 0) is 18.9 Å². The van der Waals surface area contributed by atoms with Crippen LogP contribution in [-0.2, 0) is 4.74 Å². The molecule has 2 N–H and O–H groups in total. The van der Waals surface area contributed by atoms with Crippen molar-refractivity contribution < 1.29 is 4.74 Å². The van der Waals surface area contributed by atoms with E-state index in [1.54, 1.807) is 12.3 Å². The van der Waals surface area contributed by atoms with Crippen LogP contribution in [0.1, 0.15) is 27.0 Å². The Morgan fingerprint density at radius 1 is 1.38 bits per heavy atom. The van der Waals surface area contributed by atoms with E-state index < -0.39 is 0 Å². The second kappa shape index (κ2) is 3.90. The number of hydrogen-bond acceptors (Lipinski definition) is 4. The standard InChI is InChI=1S/C11H17N3O2/c1-6-7(2)10(16-8(6)3)14-5-4-9(12)13-11(14)15/h4-8,10H,1-3H3,(H2,12,13,15)/t6?,7?,8-,10-/m1/s1. The Kier molecular flexibility index (Phi) is 2.71. The molecule has 0 radical (unpaired) electrons. The lowest BCUT2D eigenvalue weighted by atomic mass is 9.93. The normalized spacial score (nSPS) is 34.2. The summed E-state index contributed by atoms with van der Waals surface area (Å²) in [5.74, 6) is 0.959. The molecule has 1 fully saturated rings. The lowest BCUT2D eigenvalue weighted by Gasteiger charge is -2.18. The molecule has 1 aromatic heterocycles. The molecule has 0 aromatic carbocycles. The van der Waals surface area contributed by atoms with Crippen molar-refractivity contribution in [2.75, 3.05) is 5.73 Å². The van der Waals surface area contributed by atoms with E-state index in [2.05, 4.69) is 18.8 Å². The smallest absolute Gasteiger partial charge is 0.351 e. The van der Waals surface area contributed by atoms with Crippen LogP contribution in [0.25, 0.3) is 0 Å². The fourth-order valence-corrected chi connectivity index (χ4v) is 2.09. The molecular weight excluding hydrogens is 206 g/mol. The van der Waals surface area contributed by atoms with Crippen LogP contribution in [0, 0.1) is 11.8 Å². The molecule has 88 valence electrons. The molecule has 16 heavy (non-hydrogen) atoms. The van der Waals surface area contributed by atoms with E-state index in [0.717, 1.165) is 0 Å². The van der Waals surface area contributed by atoms with Crippen LogP contribution in [0.15, 0.2) is 17.1 Å². The molecule has 5 heteroatoms. The molecule has 4 atom stereocenters. The predicted molar refractivity (Wildman–Crippen MR) is 60.8 cm³/mol. The molecule has 1 aliphatic rings. The van der Waals surface area contributed by atoms with E-state index >= 15 is 0 Å². The fraction of sp³-hybridized carbons (Fsp3) is 0.636. The number of ether oxygens (including phenoxy) is 1. The first-order chi connectivity index (χ1) is 7.50. The van der Waals surface area contributed by atoms with Crippen molar-refractivity contribution in [3.05, 3.63) is 22.7 Å². The average molecular weight is 223 g/mol. The number of rotatable bonds is 1. The third-order valence-electron chi connectivity index (χ3n) is 3.50. The number of nitrogens with zero attached hydrogens (tertiary/aromatic N) is 2. The Bertz CT molecular complexity index is 443. The van der Waals surface area contributed by atoms with E-state index in [0.29, 0.717) is 5.92 Å². The molecule has 0 spiro atoms. The first-order valence-corrected chi connectivity index (χ1v) is 5.51. The molecule has 0 bridgehead atoms. The maximum absolute atomic E-state index is 11.7. The van der Waals surface area contributed by atoms with Gasteiger partial charge in [0, 0.05) is 12.1 Å². The zero-order chi connectivity index (χ0) is 11.9. The van der Waals surface area contributed by atoms with Gasteiger partial charge in [-0.1, -0.05) is 13.8 Å². The average Bonchev–Trinajstić information content (AvgIpc) is 2.46. The minimum atomic E-state index is -0.349. The molecule has 5 nitrogen and oxygen atoms in total. The first-order valence-electron chi connectivity index (χ1n) is 5.51. The summed E-state index contributed by atoms with van der Waals surface area (Å²) in [5, 5.41) is 0. The minimum absolute atomic E-state index is 0.157. The second-order valence-corrected chi connectivity index (χ2v) is 4.49. The molecule has 1 saturated heterocycles. The van der Waals surface area contributed by atoms with Gasteiger partial charge in [0.2, 0.25) is 0 Å². The van der Waals surface area contributed by atoms with E-state index in [9.17, 15) is 4.79 Å². The molecule has 2 heterocycles. The van der Waals surface area contributed by atoms with Crippen LogP contribution in [0.2, 0.25) is 0 Å². The molecule has 2 unspecified atom stereocenters. The maximum Gasteiger partial charge on any atom is 0.351 e. The molecule has 0 aliphatic carbocycles. The molecule has 1 aromatic rings. The monoisotopic (exact) mass is 223 g/mol. The van der Waals surface area contributed by atoms with Crippen molar-refractivity contribution >= 4 is 5.82 Å². The summed E-state index contributed by atoms with van der Waals surface area (Å²) in [6, 6.07) is 1.62. The summed E-state index contributed by atoms with van der Waals surface area (Å²) in [6.07, 6.45) is 1.58. The van der Waals surface area contributed by atoms with Gasteiger partial charge in [0.05, 0.1) is 6.10 Å². The SMILES string of the molecule is CC1C(C)[C@@H](C)O[C@H]1n1ccc(N)nc1=O. The van der Waals surface area contributed by atoms with Gasteiger partial charge in [0.1, 0.15) is 12.0 Å². The van der Waals surface area contributed by atoms with Crippen molar-refractivity contribution in [2.24, 2.45) is 11.8 Å². The molecule has 0 amide bonds. The summed E-state index contributed by atoms with van der Waals surface area (Å²) in [4.78, 5) is 15.4. The van der Waals surface area contributed by atoms with Gasteiger partial charge in [-0.2, -0.15) is 4.98 Å². The largest absolute Gasteiger partial charge is 0.383 e. The highest BCUT2D eigenvalue weighted by Gasteiger charge is 2.37. The van der Waals surface area contributed by atoms with Gasteiger partial charge in [-0.15, -0.1) is 0 Å². The number of aromatic nitrogens is 2. The Balaban J connectivity index is 2.35. The van der Waals surface area contributed by atoms with Crippen molar-refractivity contribution in [3.63, 3.8) is 0 Å². The highest BCUT2D eigenvalue weighted by Crippen LogP contribution is 2.37. The van der Waals surface area contributed by atoms with Crippen molar-refractivity contribution in [1.29, 1.82) is 0 Å². The predicted octanol–water partition coefficient (Wildman–Crippen LogP) is 1.01. The summed E-state index contributed by atoms with van der Waals surface area (Å²) < 4.78 is 7.29. The summed E-state index contributed by atoms with van der Waals surface area (Å²) >= 11 is 0. The summed E-state index contributed by atoms with van der Waals surface area (Å²) in [6.45, 7) is 6.24. The highest BCUT2D eigenvalue weighted by atomic mass is 16.5. The third kappa shape index (κ3) is 1.71. The van der Waals surface area contributed by atoms with Crippen LogP contribution in [0.4, 0.5) is 5.82 Å². The molecular formula is C11H17N3O2. The van der Waals surface area contributed by atoms with E-state index in [1.165, 1.54) is 4.57 Å². The highest BCUT2D eigenvalue weighted by molar-refractivity contribution is 5.23. The summed E-state index contributed by atoms with van der Waals surface area (Å²) in [5.41, 5.74) is 5.10. The summed E-state index contributed by atoms with van der Waals surface area (Å²) in [7, 11) is 0. The van der Waals surface area contributed by atoms with Gasteiger partial charge in [-0.3, -0.25) is 4.57 Å². The van der Waals surface area contributed by atoms with Crippen LogP contribution >= 0.6 is 0 Å². The van der Waals surface area contributed by atoms with E-state index in [4.69, 9.17) is 10.5 Å². The van der Waals surface area contributed by atoms with Crippen LogP contribution < -0.4 is 11.4 Å². The molecule has 1 aliphatic heterocycles. The van der Waals surface area contributed by atoms with E-state index in [-0.39, 0.29) is 29.8 Å². The zero-order valence-corrected chi connectivity index (χ0v) is 9.75. The topological polar surface area (TPSA) is 70.1 Å². The van der Waals surface area contributed by atoms with Gasteiger partial charge in [-0.25, -0.2) is 4.79 Å². The van der Waals surface area contributed by atoms with Crippen LogP contribution in [-0.4, -0.2) is 15.7 Å². The van der Waals surface area contributed by atoms with Crippen molar-refractivity contribution in [1.82, 2.24) is 9.55 Å². The lowest BCUT2D eigenvalue weighted by Crippen LogP contribution is -2.29. The molecule has 2 rings (SSSR count). The van der Waals surface area contributed by atoms with Crippen LogP contribution in [0.5, 0.6) is 0 Å². The quantitative estimate of drug-likeness (QED) is 0.771. The Hall–Kier alpha value is -1.36. The van der Waals surface area contributed by atoms with Gasteiger partial charge >= 0.3 is 5.69 Å². The fourth-order valence-electron chi connectivity index (χ4n) is 2.09. The Morgan fingerprint density at radius 3 is 2.56 bits per heavy atom. The number of anilines is 1. The van der Waals surface area contributed by atoms with E-state index in [1.807, 2.05) is 6.92 Å². The number of nitrogen functional groups attached to an aromatic ring is 1. The van der Waals surface area contributed by atoms with Crippen LogP contribution in [0.3, 0.4) is 0 Å². The Labute approximate surface area is 94.2 Å². The minimum Gasteiger partial charge on any atom is -0.383 e. The maximum atomic E-state index is 11.7. The van der Waals surface area contributed by atoms with Crippen molar-refractivity contribution in [2.45, 2.75) is 33.1 Å². The first kappa shape index (κ1) is 11.1. The second-order valence-electron chi connectivity index (χ2n) is 4.49. The van der Waals surface area contributed by atoms with Crippen molar-refractivity contribution in [3.8, 4) is 0 Å². The number of hydrogen-bond donors (Lipinski definition) is 1. The number of nitrogens with two attached hydrogens (primary N) is 1. The Morgan fingerprint density at radius 2 is 2.06 bits per heavy atom. The third-order valence-corrected chi connectivity index (χ3v) is 3.50. The van der Waals surface area contributed by atoms with Gasteiger partial charge < -0.3 is 10.5 Å².